The van der Waals surface area contributed by atoms with Crippen molar-refractivity contribution in [3.63, 3.8) is 0 Å². The third kappa shape index (κ3) is 48.0. The maximum absolute atomic E-state index is 13.1. The van der Waals surface area contributed by atoms with Gasteiger partial charge in [-0.15, -0.1) is 0 Å². The van der Waals surface area contributed by atoms with E-state index in [9.17, 15) is 30.3 Å². The van der Waals surface area contributed by atoms with Gasteiger partial charge in [0.2, 0.25) is 5.91 Å². The fourth-order valence-corrected chi connectivity index (χ4v) is 10.7. The predicted octanol–water partition coefficient (Wildman–Crippen LogP) is 18.4. The monoisotopic (exact) mass is 1120 g/mol. The van der Waals surface area contributed by atoms with Gasteiger partial charge in [-0.1, -0.05) is 311 Å². The Balaban J connectivity index is 2.12. The Bertz CT molecular complexity index is 1490. The minimum Gasteiger partial charge on any atom is -0.394 e. The van der Waals surface area contributed by atoms with Crippen LogP contribution in [0, 0.1) is 0 Å². The lowest BCUT2D eigenvalue weighted by atomic mass is 9.99. The number of nitrogens with one attached hydrogen (secondary N) is 1. The molecule has 0 spiro atoms. The van der Waals surface area contributed by atoms with Gasteiger partial charge < -0.3 is 40.3 Å². The Morgan fingerprint density at radius 3 is 1.20 bits per heavy atom. The zero-order valence-corrected chi connectivity index (χ0v) is 52.1. The molecule has 1 aliphatic rings. The minimum atomic E-state index is -1.57. The highest BCUT2D eigenvalue weighted by Crippen LogP contribution is 2.23. The van der Waals surface area contributed by atoms with Crippen LogP contribution in [0.3, 0.4) is 0 Å². The van der Waals surface area contributed by atoms with Crippen molar-refractivity contribution in [2.45, 2.75) is 358 Å². The van der Waals surface area contributed by atoms with E-state index in [1.165, 1.54) is 231 Å². The summed E-state index contributed by atoms with van der Waals surface area (Å²) in [6.07, 6.45) is 77.2. The lowest BCUT2D eigenvalue weighted by Crippen LogP contribution is -2.60. The fraction of sp³-hybridized carbons (Fsp3) is 0.817. The van der Waals surface area contributed by atoms with Gasteiger partial charge in [0.1, 0.15) is 24.4 Å². The summed E-state index contributed by atoms with van der Waals surface area (Å²) in [5.41, 5.74) is 0. The van der Waals surface area contributed by atoms with Gasteiger partial charge in [0.15, 0.2) is 6.29 Å². The Labute approximate surface area is 493 Å². The van der Waals surface area contributed by atoms with Gasteiger partial charge >= 0.3 is 0 Å². The maximum atomic E-state index is 13.1. The van der Waals surface area contributed by atoms with Crippen LogP contribution in [0.15, 0.2) is 72.9 Å². The zero-order valence-electron chi connectivity index (χ0n) is 52.1. The third-order valence-corrected chi connectivity index (χ3v) is 16.0. The van der Waals surface area contributed by atoms with Crippen molar-refractivity contribution in [1.82, 2.24) is 5.32 Å². The number of aliphatic hydroxyl groups is 5. The highest BCUT2D eigenvalue weighted by molar-refractivity contribution is 5.76. The largest absolute Gasteiger partial charge is 0.394 e. The molecule has 466 valence electrons. The summed E-state index contributed by atoms with van der Waals surface area (Å²) in [5.74, 6) is -0.182. The summed E-state index contributed by atoms with van der Waals surface area (Å²) < 4.78 is 11.3. The van der Waals surface area contributed by atoms with Crippen molar-refractivity contribution < 1.29 is 39.8 Å². The van der Waals surface area contributed by atoms with E-state index in [0.29, 0.717) is 6.42 Å². The summed E-state index contributed by atoms with van der Waals surface area (Å²) in [4.78, 5) is 13.1. The van der Waals surface area contributed by atoms with Crippen molar-refractivity contribution in [3.05, 3.63) is 72.9 Å². The molecule has 1 heterocycles. The van der Waals surface area contributed by atoms with E-state index in [1.807, 2.05) is 6.08 Å². The van der Waals surface area contributed by atoms with Crippen LogP contribution in [0.25, 0.3) is 0 Å². The fourth-order valence-electron chi connectivity index (χ4n) is 10.7. The van der Waals surface area contributed by atoms with Crippen LogP contribution in [-0.2, 0) is 14.3 Å². The standard InChI is InChI=1S/C71H129NO8/c1-3-5-7-9-11-13-15-17-19-21-23-25-27-28-29-30-31-32-33-34-35-36-37-38-39-41-43-45-47-49-51-53-55-57-59-61-67(75)72-64(63-79-71-70(78)69(77)68(76)66(62-73)80-71)65(74)60-58-56-54-52-50-48-46-44-42-40-26-24-22-20-18-16-14-12-10-8-6-4-2/h5,7,11,13,17,19,23,25,50,52,58,60,64-66,68-71,73-74,76-78H,3-4,6,8-10,12,14-16,18,20-22,24,26-49,51,53-57,59,61-63H2,1-2H3,(H,72,75)/b7-5-,13-11-,19-17-,25-23-,52-50+,60-58+. The predicted molar refractivity (Wildman–Crippen MR) is 341 cm³/mol. The van der Waals surface area contributed by atoms with Crippen LogP contribution in [0.5, 0.6) is 0 Å². The average molecular weight is 1120 g/mol. The Morgan fingerprint density at radius 1 is 0.438 bits per heavy atom. The smallest absolute Gasteiger partial charge is 0.220 e. The van der Waals surface area contributed by atoms with E-state index in [4.69, 9.17) is 9.47 Å². The Kier molecular flexibility index (Phi) is 56.5. The molecule has 9 nitrogen and oxygen atoms in total. The molecule has 1 aliphatic heterocycles. The second-order valence-electron chi connectivity index (χ2n) is 23.6. The molecule has 0 aliphatic carbocycles. The van der Waals surface area contributed by atoms with Crippen LogP contribution in [0.4, 0.5) is 0 Å². The van der Waals surface area contributed by atoms with Crippen molar-refractivity contribution in [2.24, 2.45) is 0 Å². The van der Waals surface area contributed by atoms with E-state index >= 15 is 0 Å². The lowest BCUT2D eigenvalue weighted by Gasteiger charge is -2.40. The number of carbonyl (C=O) groups excluding carboxylic acids is 1. The SMILES string of the molecule is CC/C=C\C/C=C\C/C=C\C/C=C\CCCCCCCCCCCCCCCCCCCCCCCCC(=O)NC(COC1OC(CO)C(O)C(O)C1O)C(O)/C=C/CC/C=C/CCCCCCCCCCCCCCCCCC. The number of unbranched alkanes of at least 4 members (excludes halogenated alkanes) is 39. The first kappa shape index (κ1) is 75.6. The van der Waals surface area contributed by atoms with Gasteiger partial charge in [-0.05, 0) is 70.6 Å². The van der Waals surface area contributed by atoms with Crippen molar-refractivity contribution in [2.75, 3.05) is 13.2 Å². The third-order valence-electron chi connectivity index (χ3n) is 16.0. The van der Waals surface area contributed by atoms with E-state index in [2.05, 4.69) is 79.9 Å². The van der Waals surface area contributed by atoms with Crippen molar-refractivity contribution in [3.8, 4) is 0 Å². The van der Waals surface area contributed by atoms with Gasteiger partial charge in [-0.2, -0.15) is 0 Å². The molecule has 0 bridgehead atoms. The summed E-state index contributed by atoms with van der Waals surface area (Å²) in [6.45, 7) is 3.69. The first-order chi connectivity index (χ1) is 39.3. The Hall–Kier alpha value is -2.37. The van der Waals surface area contributed by atoms with Crippen LogP contribution in [-0.4, -0.2) is 87.5 Å². The van der Waals surface area contributed by atoms with Gasteiger partial charge in [-0.25, -0.2) is 0 Å². The number of carbonyl (C=O) groups is 1. The molecule has 1 fully saturated rings. The number of aliphatic hydroxyl groups excluding tert-OH is 5. The number of amides is 1. The van der Waals surface area contributed by atoms with E-state index in [-0.39, 0.29) is 12.5 Å². The number of rotatable bonds is 59. The molecular formula is C71H129NO8. The maximum Gasteiger partial charge on any atom is 0.220 e. The Morgan fingerprint density at radius 2 is 0.787 bits per heavy atom. The quantitative estimate of drug-likeness (QED) is 0.0261. The molecule has 1 amide bonds. The van der Waals surface area contributed by atoms with E-state index in [1.54, 1.807) is 6.08 Å². The molecule has 0 radical (unpaired) electrons. The molecule has 0 aromatic rings. The van der Waals surface area contributed by atoms with E-state index < -0.39 is 49.5 Å². The molecule has 80 heavy (non-hydrogen) atoms. The normalized spacial score (nSPS) is 18.9. The van der Waals surface area contributed by atoms with Crippen LogP contribution >= 0.6 is 0 Å². The minimum absolute atomic E-state index is 0.182. The van der Waals surface area contributed by atoms with Gasteiger partial charge in [0.05, 0.1) is 25.4 Å². The molecular weight excluding hydrogens is 995 g/mol. The van der Waals surface area contributed by atoms with Crippen molar-refractivity contribution in [1.29, 1.82) is 0 Å². The summed E-state index contributed by atoms with van der Waals surface area (Å²) in [5, 5.41) is 54.7. The van der Waals surface area contributed by atoms with Gasteiger partial charge in [0.25, 0.3) is 0 Å². The first-order valence-electron chi connectivity index (χ1n) is 34.2. The molecule has 0 saturated carbocycles. The molecule has 1 saturated heterocycles. The summed E-state index contributed by atoms with van der Waals surface area (Å²) in [7, 11) is 0. The summed E-state index contributed by atoms with van der Waals surface area (Å²) in [6, 6.07) is -0.824. The number of allylic oxidation sites excluding steroid dienone is 11. The zero-order chi connectivity index (χ0) is 57.9. The molecule has 9 heteroatoms. The number of hydrogen-bond donors (Lipinski definition) is 6. The second-order valence-corrected chi connectivity index (χ2v) is 23.6. The first-order valence-corrected chi connectivity index (χ1v) is 34.2. The lowest BCUT2D eigenvalue weighted by molar-refractivity contribution is -0.302. The number of hydrogen-bond acceptors (Lipinski definition) is 8. The molecule has 7 unspecified atom stereocenters. The average Bonchev–Trinajstić information content (AvgIpc) is 3.46. The van der Waals surface area contributed by atoms with E-state index in [0.717, 1.165) is 64.2 Å². The number of ether oxygens (including phenoxy) is 2. The topological polar surface area (TPSA) is 149 Å². The van der Waals surface area contributed by atoms with Crippen LogP contribution in [0.2, 0.25) is 0 Å². The van der Waals surface area contributed by atoms with Gasteiger partial charge in [0, 0.05) is 6.42 Å². The van der Waals surface area contributed by atoms with Crippen LogP contribution < -0.4 is 5.32 Å². The molecule has 6 N–H and O–H groups in total. The molecule has 0 aromatic heterocycles. The molecule has 0 aromatic carbocycles. The summed E-state index contributed by atoms with van der Waals surface area (Å²) >= 11 is 0. The molecule has 7 atom stereocenters. The van der Waals surface area contributed by atoms with Gasteiger partial charge in [-0.3, -0.25) is 4.79 Å². The highest BCUT2D eigenvalue weighted by atomic mass is 16.7. The second kappa shape index (κ2) is 59.8. The molecule has 1 rings (SSSR count). The van der Waals surface area contributed by atoms with Crippen LogP contribution in [0.1, 0.15) is 316 Å². The van der Waals surface area contributed by atoms with Crippen molar-refractivity contribution >= 4 is 5.91 Å². The highest BCUT2D eigenvalue weighted by Gasteiger charge is 2.44.